The Labute approximate surface area is 187 Å². The Morgan fingerprint density at radius 3 is 2.43 bits per heavy atom. The summed E-state index contributed by atoms with van der Waals surface area (Å²) in [6.45, 7) is 3.85. The minimum atomic E-state index is -0.130. The van der Waals surface area contributed by atoms with E-state index >= 15 is 0 Å². The fourth-order valence-electron chi connectivity index (χ4n) is 4.28. The van der Waals surface area contributed by atoms with Gasteiger partial charge in [0.05, 0.1) is 16.8 Å². The Bertz CT molecular complexity index is 925. The van der Waals surface area contributed by atoms with Crippen LogP contribution in [0.25, 0.3) is 0 Å². The minimum Gasteiger partial charge on any atom is -0.284 e. The number of carbonyl (C=O) groups excluding carboxylic acids is 1. The van der Waals surface area contributed by atoms with Crippen LogP contribution in [0.15, 0.2) is 53.6 Å². The van der Waals surface area contributed by atoms with Crippen molar-refractivity contribution in [2.24, 2.45) is 11.0 Å². The second kappa shape index (κ2) is 9.38. The van der Waals surface area contributed by atoms with Crippen molar-refractivity contribution < 1.29 is 4.79 Å². The minimum absolute atomic E-state index is 0.0627. The summed E-state index contributed by atoms with van der Waals surface area (Å²) >= 11 is 12.6. The Balaban J connectivity index is 1.70. The number of hydrazone groups is 1. The molecule has 30 heavy (non-hydrogen) atoms. The van der Waals surface area contributed by atoms with Crippen LogP contribution in [0.4, 0.5) is 5.69 Å². The average molecular weight is 445 g/mol. The Kier molecular flexibility index (Phi) is 6.61. The molecular weight excluding hydrogens is 419 g/mol. The number of nitrogens with zero attached hydrogens (tertiary/aromatic N) is 3. The van der Waals surface area contributed by atoms with E-state index in [-0.39, 0.29) is 17.9 Å². The molecule has 0 spiro atoms. The molecular formula is C23H26Cl2N4O. The predicted octanol–water partition coefficient (Wildman–Crippen LogP) is 5.45. The zero-order valence-electron chi connectivity index (χ0n) is 17.0. The van der Waals surface area contributed by atoms with Crippen LogP contribution in [-0.2, 0) is 4.79 Å². The molecule has 0 bridgehead atoms. The number of hydrogen-bond donors (Lipinski definition) is 1. The number of piperidine rings is 1. The van der Waals surface area contributed by atoms with Crippen molar-refractivity contribution in [1.29, 1.82) is 0 Å². The lowest BCUT2D eigenvalue weighted by Crippen LogP contribution is -2.48. The molecule has 0 radical (unpaired) electrons. The number of hydrazine groups is 1. The topological polar surface area (TPSA) is 47.9 Å². The second-order valence-electron chi connectivity index (χ2n) is 7.78. The van der Waals surface area contributed by atoms with E-state index < -0.39 is 0 Å². The summed E-state index contributed by atoms with van der Waals surface area (Å²) < 4.78 is 0. The van der Waals surface area contributed by atoms with E-state index in [4.69, 9.17) is 28.3 Å². The molecule has 1 amide bonds. The van der Waals surface area contributed by atoms with Crippen molar-refractivity contribution in [2.75, 3.05) is 18.1 Å². The maximum absolute atomic E-state index is 13.2. The summed E-state index contributed by atoms with van der Waals surface area (Å²) in [5, 5.41) is 10.00. The lowest BCUT2D eigenvalue weighted by Gasteiger charge is -2.29. The molecule has 0 aromatic heterocycles. The van der Waals surface area contributed by atoms with E-state index in [0.717, 1.165) is 43.6 Å². The summed E-state index contributed by atoms with van der Waals surface area (Å²) in [5.74, 6) is -0.190. The largest absolute Gasteiger partial charge is 0.284 e. The standard InChI is InChI=1S/C23H26Cl2N4O/c1-2-18-21(23(30)27-28-14-6-3-7-15-28)26-29(20-9-5-4-8-19(20)25)22(18)16-10-12-17(24)13-11-16/h4-5,8-13,18,22H,2-3,6-7,14-15H2,1H3,(H,27,30)/t18-,22-/m1/s1. The predicted molar refractivity (Wildman–Crippen MR) is 123 cm³/mol. The van der Waals surface area contributed by atoms with Crippen LogP contribution >= 0.6 is 23.2 Å². The van der Waals surface area contributed by atoms with Gasteiger partial charge < -0.3 is 0 Å². The molecule has 4 rings (SSSR count). The molecule has 1 N–H and O–H groups in total. The van der Waals surface area contributed by atoms with Gasteiger partial charge in [0.1, 0.15) is 5.71 Å². The van der Waals surface area contributed by atoms with E-state index in [1.54, 1.807) is 0 Å². The van der Waals surface area contributed by atoms with Gasteiger partial charge >= 0.3 is 0 Å². The third-order valence-electron chi connectivity index (χ3n) is 5.81. The van der Waals surface area contributed by atoms with Gasteiger partial charge in [-0.25, -0.2) is 5.01 Å². The summed E-state index contributed by atoms with van der Waals surface area (Å²) in [6.07, 6.45) is 4.19. The molecule has 2 aliphatic rings. The van der Waals surface area contributed by atoms with Gasteiger partial charge in [0.2, 0.25) is 0 Å². The molecule has 1 fully saturated rings. The average Bonchev–Trinajstić information content (AvgIpc) is 3.15. The van der Waals surface area contributed by atoms with Gasteiger partial charge in [0, 0.05) is 24.0 Å². The van der Waals surface area contributed by atoms with Gasteiger partial charge in [-0.2, -0.15) is 5.10 Å². The van der Waals surface area contributed by atoms with Gasteiger partial charge in [0.25, 0.3) is 5.91 Å². The number of carbonyl (C=O) groups is 1. The first-order chi connectivity index (χ1) is 14.6. The molecule has 0 aliphatic carbocycles. The lowest BCUT2D eigenvalue weighted by atomic mass is 9.87. The Morgan fingerprint density at radius 1 is 1.07 bits per heavy atom. The Hall–Kier alpha value is -2.08. The smallest absolute Gasteiger partial charge is 0.282 e. The summed E-state index contributed by atoms with van der Waals surface area (Å²) in [5.41, 5.74) is 5.46. The first kappa shape index (κ1) is 21.2. The molecule has 2 heterocycles. The van der Waals surface area contributed by atoms with Crippen molar-refractivity contribution in [3.8, 4) is 0 Å². The second-order valence-corrected chi connectivity index (χ2v) is 8.62. The van der Waals surface area contributed by atoms with Crippen molar-refractivity contribution in [3.63, 3.8) is 0 Å². The van der Waals surface area contributed by atoms with Crippen LogP contribution in [0.2, 0.25) is 10.0 Å². The first-order valence-electron chi connectivity index (χ1n) is 10.5. The van der Waals surface area contributed by atoms with Gasteiger partial charge in [-0.3, -0.25) is 15.2 Å². The van der Waals surface area contributed by atoms with Crippen molar-refractivity contribution >= 4 is 40.5 Å². The Morgan fingerprint density at radius 2 is 1.77 bits per heavy atom. The van der Waals surface area contributed by atoms with Crippen LogP contribution in [0.1, 0.15) is 44.2 Å². The van der Waals surface area contributed by atoms with Gasteiger partial charge in [0.15, 0.2) is 0 Å². The number of para-hydroxylation sites is 1. The summed E-state index contributed by atoms with van der Waals surface area (Å²) in [7, 11) is 0. The first-order valence-corrected chi connectivity index (χ1v) is 11.3. The highest BCUT2D eigenvalue weighted by Gasteiger charge is 2.42. The lowest BCUT2D eigenvalue weighted by molar-refractivity contribution is -0.120. The molecule has 2 aromatic carbocycles. The highest BCUT2D eigenvalue weighted by molar-refractivity contribution is 6.40. The normalized spacial score (nSPS) is 22.1. The number of hydrogen-bond acceptors (Lipinski definition) is 4. The van der Waals surface area contributed by atoms with Crippen LogP contribution in [0.3, 0.4) is 0 Å². The zero-order valence-corrected chi connectivity index (χ0v) is 18.5. The van der Waals surface area contributed by atoms with E-state index in [0.29, 0.717) is 15.8 Å². The number of rotatable bonds is 5. The van der Waals surface area contributed by atoms with Crippen LogP contribution in [0.5, 0.6) is 0 Å². The number of halogens is 2. The molecule has 2 atom stereocenters. The van der Waals surface area contributed by atoms with Crippen LogP contribution in [0, 0.1) is 5.92 Å². The third-order valence-corrected chi connectivity index (χ3v) is 6.38. The van der Waals surface area contributed by atoms with E-state index in [1.807, 2.05) is 58.5 Å². The molecule has 2 aromatic rings. The molecule has 0 unspecified atom stereocenters. The van der Waals surface area contributed by atoms with E-state index in [9.17, 15) is 4.79 Å². The zero-order chi connectivity index (χ0) is 21.1. The van der Waals surface area contributed by atoms with E-state index in [1.165, 1.54) is 6.42 Å². The summed E-state index contributed by atoms with van der Waals surface area (Å²) in [6, 6.07) is 15.2. The number of nitrogens with one attached hydrogen (secondary N) is 1. The molecule has 1 saturated heterocycles. The molecule has 158 valence electrons. The monoisotopic (exact) mass is 444 g/mol. The quantitative estimate of drug-likeness (QED) is 0.666. The van der Waals surface area contributed by atoms with Gasteiger partial charge in [-0.05, 0) is 49.1 Å². The van der Waals surface area contributed by atoms with Gasteiger partial charge in [-0.15, -0.1) is 0 Å². The highest BCUT2D eigenvalue weighted by atomic mass is 35.5. The molecule has 5 nitrogen and oxygen atoms in total. The maximum Gasteiger partial charge on any atom is 0.282 e. The number of benzene rings is 2. The molecule has 2 aliphatic heterocycles. The van der Waals surface area contributed by atoms with Crippen molar-refractivity contribution in [3.05, 3.63) is 64.1 Å². The summed E-state index contributed by atoms with van der Waals surface area (Å²) in [4.78, 5) is 13.2. The van der Waals surface area contributed by atoms with Gasteiger partial charge in [-0.1, -0.05) is 60.8 Å². The number of amides is 1. The fourth-order valence-corrected chi connectivity index (χ4v) is 4.63. The van der Waals surface area contributed by atoms with Crippen LogP contribution in [-0.4, -0.2) is 29.7 Å². The fraction of sp³-hybridized carbons (Fsp3) is 0.391. The SMILES string of the molecule is CC[C@@H]1C(C(=O)NN2CCCCC2)=NN(c2ccccc2Cl)[C@@H]1c1ccc(Cl)cc1. The van der Waals surface area contributed by atoms with Crippen LogP contribution < -0.4 is 10.4 Å². The maximum atomic E-state index is 13.2. The van der Waals surface area contributed by atoms with E-state index in [2.05, 4.69) is 12.3 Å². The molecule has 7 heteroatoms. The number of anilines is 1. The third kappa shape index (κ3) is 4.34. The highest BCUT2D eigenvalue weighted by Crippen LogP contribution is 2.43. The van der Waals surface area contributed by atoms with Crippen molar-refractivity contribution in [2.45, 2.75) is 38.6 Å². The van der Waals surface area contributed by atoms with Crippen molar-refractivity contribution in [1.82, 2.24) is 10.4 Å². The molecule has 0 saturated carbocycles.